The van der Waals surface area contributed by atoms with E-state index in [1.165, 1.54) is 11.8 Å². The van der Waals surface area contributed by atoms with Crippen molar-refractivity contribution in [3.8, 4) is 11.5 Å². The minimum Gasteiger partial charge on any atom is -0.454 e. The van der Waals surface area contributed by atoms with E-state index in [-0.39, 0.29) is 0 Å². The number of guanidine groups is 1. The van der Waals surface area contributed by atoms with Crippen molar-refractivity contribution in [2.75, 3.05) is 40.0 Å². The molecule has 0 aliphatic carbocycles. The summed E-state index contributed by atoms with van der Waals surface area (Å²) in [6.45, 7) is 9.75. The summed E-state index contributed by atoms with van der Waals surface area (Å²) in [5, 5.41) is 0.399. The van der Waals surface area contributed by atoms with Crippen molar-refractivity contribution in [1.82, 2.24) is 9.80 Å². The van der Waals surface area contributed by atoms with Crippen molar-refractivity contribution in [2.24, 2.45) is 9.98 Å². The number of hydrogen-bond donors (Lipinski definition) is 0. The first-order valence-electron chi connectivity index (χ1n) is 8.32. The van der Waals surface area contributed by atoms with Crippen LogP contribution in [-0.4, -0.2) is 62.0 Å². The van der Waals surface area contributed by atoms with Crippen molar-refractivity contribution >= 4 is 23.8 Å². The Morgan fingerprint density at radius 2 is 1.96 bits per heavy atom. The normalized spacial score (nSPS) is 19.5. The van der Waals surface area contributed by atoms with Gasteiger partial charge in [0.25, 0.3) is 0 Å². The highest BCUT2D eigenvalue weighted by Gasteiger charge is 2.25. The van der Waals surface area contributed by atoms with Gasteiger partial charge in [-0.3, -0.25) is 9.89 Å². The summed E-state index contributed by atoms with van der Waals surface area (Å²) in [5.41, 5.74) is 1.23. The van der Waals surface area contributed by atoms with Gasteiger partial charge in [0.15, 0.2) is 11.5 Å². The fourth-order valence-corrected chi connectivity index (χ4v) is 3.15. The lowest BCUT2D eigenvalue weighted by Crippen LogP contribution is -2.49. The predicted molar refractivity (Wildman–Crippen MR) is 101 cm³/mol. The van der Waals surface area contributed by atoms with Gasteiger partial charge in [-0.2, -0.15) is 0 Å². The number of hydrogen-bond acceptors (Lipinski definition) is 4. The smallest absolute Gasteiger partial charge is 0.231 e. The average Bonchev–Trinajstić information content (AvgIpc) is 3.09. The molecule has 1 atom stereocenters. The van der Waals surface area contributed by atoms with E-state index in [2.05, 4.69) is 45.4 Å². The van der Waals surface area contributed by atoms with Crippen LogP contribution in [0.3, 0.4) is 0 Å². The Balaban J connectivity index is 1.61. The SMILES string of the molecule is C=C(Cl)/C=N\C(=N/C)N1CCN(C(C)c2ccc3c(c2)OCO3)CC1. The molecular weight excluding hydrogens is 340 g/mol. The molecule has 134 valence electrons. The number of aliphatic imine (C=N–C) groups is 2. The summed E-state index contributed by atoms with van der Waals surface area (Å²) in [5.74, 6) is 2.35. The summed E-state index contributed by atoms with van der Waals surface area (Å²) in [6.07, 6.45) is 1.53. The predicted octanol–water partition coefficient (Wildman–Crippen LogP) is 2.90. The minimum absolute atomic E-state index is 0.306. The zero-order valence-electron chi connectivity index (χ0n) is 14.6. The molecule has 25 heavy (non-hydrogen) atoms. The van der Waals surface area contributed by atoms with Crippen molar-refractivity contribution in [1.29, 1.82) is 0 Å². The third kappa shape index (κ3) is 4.14. The highest BCUT2D eigenvalue weighted by Crippen LogP contribution is 2.35. The molecule has 1 aromatic rings. The average molecular weight is 363 g/mol. The zero-order valence-corrected chi connectivity index (χ0v) is 15.4. The molecule has 0 aromatic heterocycles. The molecule has 1 aromatic carbocycles. The van der Waals surface area contributed by atoms with Gasteiger partial charge in [-0.25, -0.2) is 4.99 Å². The van der Waals surface area contributed by atoms with Crippen LogP contribution in [0.25, 0.3) is 0 Å². The maximum Gasteiger partial charge on any atom is 0.231 e. The van der Waals surface area contributed by atoms with Crippen molar-refractivity contribution in [2.45, 2.75) is 13.0 Å². The lowest BCUT2D eigenvalue weighted by Gasteiger charge is -2.38. The third-order valence-electron chi connectivity index (χ3n) is 4.54. The summed E-state index contributed by atoms with van der Waals surface area (Å²) < 4.78 is 10.9. The number of halogens is 1. The Labute approximate surface area is 153 Å². The van der Waals surface area contributed by atoms with E-state index >= 15 is 0 Å². The molecule has 0 bridgehead atoms. The fourth-order valence-electron chi connectivity index (χ4n) is 3.10. The number of nitrogens with zero attached hydrogens (tertiary/aromatic N) is 4. The second kappa shape index (κ2) is 7.89. The topological polar surface area (TPSA) is 49.7 Å². The second-order valence-electron chi connectivity index (χ2n) is 6.04. The van der Waals surface area contributed by atoms with Crippen LogP contribution < -0.4 is 9.47 Å². The van der Waals surface area contributed by atoms with E-state index in [1.807, 2.05) is 6.07 Å². The maximum absolute atomic E-state index is 5.75. The molecule has 2 aliphatic rings. The number of ether oxygens (including phenoxy) is 2. The maximum atomic E-state index is 5.75. The number of benzene rings is 1. The lowest BCUT2D eigenvalue weighted by molar-refractivity contribution is 0.139. The van der Waals surface area contributed by atoms with E-state index in [1.54, 1.807) is 7.05 Å². The minimum atomic E-state index is 0.306. The first kappa shape index (κ1) is 17.8. The van der Waals surface area contributed by atoms with E-state index in [9.17, 15) is 0 Å². The van der Waals surface area contributed by atoms with E-state index in [0.717, 1.165) is 37.7 Å². The first-order chi connectivity index (χ1) is 12.1. The van der Waals surface area contributed by atoms with Crippen LogP contribution in [0.15, 0.2) is 39.8 Å². The Bertz CT molecular complexity index is 696. The molecule has 0 saturated carbocycles. The molecule has 0 amide bonds. The molecule has 1 unspecified atom stereocenters. The first-order valence-corrected chi connectivity index (χ1v) is 8.70. The quantitative estimate of drug-likeness (QED) is 0.612. The van der Waals surface area contributed by atoms with Crippen LogP contribution in [0, 0.1) is 0 Å². The summed E-state index contributed by atoms with van der Waals surface area (Å²) >= 11 is 5.75. The van der Waals surface area contributed by atoms with Gasteiger partial charge in [0, 0.05) is 45.5 Å². The molecule has 6 nitrogen and oxygen atoms in total. The Morgan fingerprint density at radius 1 is 1.24 bits per heavy atom. The molecule has 0 N–H and O–H groups in total. The molecule has 0 spiro atoms. The van der Waals surface area contributed by atoms with E-state index < -0.39 is 0 Å². The highest BCUT2D eigenvalue weighted by molar-refractivity contribution is 6.39. The van der Waals surface area contributed by atoms with Crippen LogP contribution >= 0.6 is 11.6 Å². The highest BCUT2D eigenvalue weighted by atomic mass is 35.5. The molecule has 2 heterocycles. The van der Waals surface area contributed by atoms with Crippen LogP contribution in [0.1, 0.15) is 18.5 Å². The van der Waals surface area contributed by atoms with Gasteiger partial charge in [-0.15, -0.1) is 0 Å². The number of piperazine rings is 1. The molecule has 1 saturated heterocycles. The number of allylic oxidation sites excluding steroid dienone is 1. The van der Waals surface area contributed by atoms with Crippen LogP contribution in [0.5, 0.6) is 11.5 Å². The molecule has 1 fully saturated rings. The monoisotopic (exact) mass is 362 g/mol. The van der Waals surface area contributed by atoms with E-state index in [4.69, 9.17) is 21.1 Å². The molecule has 0 radical (unpaired) electrons. The third-order valence-corrected chi connectivity index (χ3v) is 4.64. The van der Waals surface area contributed by atoms with Gasteiger partial charge < -0.3 is 14.4 Å². The van der Waals surface area contributed by atoms with Crippen molar-refractivity contribution in [3.63, 3.8) is 0 Å². The molecule has 7 heteroatoms. The van der Waals surface area contributed by atoms with Gasteiger partial charge in [0.1, 0.15) is 0 Å². The van der Waals surface area contributed by atoms with Crippen molar-refractivity contribution in [3.05, 3.63) is 35.4 Å². The van der Waals surface area contributed by atoms with Gasteiger partial charge in [-0.05, 0) is 24.6 Å². The van der Waals surface area contributed by atoms with Crippen LogP contribution in [-0.2, 0) is 0 Å². The summed E-state index contributed by atoms with van der Waals surface area (Å²) in [4.78, 5) is 13.2. The molecular formula is C18H23ClN4O2. The number of fused-ring (bicyclic) bond motifs is 1. The van der Waals surface area contributed by atoms with Gasteiger partial charge >= 0.3 is 0 Å². The standard InChI is InChI=1S/C18H23ClN4O2/c1-13(19)11-21-18(20-3)23-8-6-22(7-9-23)14(2)15-4-5-16-17(10-15)25-12-24-16/h4-5,10-11,14H,1,6-9,12H2,2-3H3/b20-18+,21-11-. The summed E-state index contributed by atoms with van der Waals surface area (Å²) in [7, 11) is 1.74. The van der Waals surface area contributed by atoms with Crippen molar-refractivity contribution < 1.29 is 9.47 Å². The molecule has 2 aliphatic heterocycles. The number of rotatable bonds is 3. The second-order valence-corrected chi connectivity index (χ2v) is 6.53. The Hall–Kier alpha value is -2.05. The Kier molecular flexibility index (Phi) is 5.60. The zero-order chi connectivity index (χ0) is 17.8. The van der Waals surface area contributed by atoms with Gasteiger partial charge in [0.05, 0.1) is 5.03 Å². The van der Waals surface area contributed by atoms with Crippen LogP contribution in [0.4, 0.5) is 0 Å². The Morgan fingerprint density at radius 3 is 2.64 bits per heavy atom. The lowest BCUT2D eigenvalue weighted by atomic mass is 10.1. The van der Waals surface area contributed by atoms with Gasteiger partial charge in [0.2, 0.25) is 12.8 Å². The van der Waals surface area contributed by atoms with Crippen LogP contribution in [0.2, 0.25) is 0 Å². The fraction of sp³-hybridized carbons (Fsp3) is 0.444. The van der Waals surface area contributed by atoms with Gasteiger partial charge in [-0.1, -0.05) is 24.2 Å². The largest absolute Gasteiger partial charge is 0.454 e. The van der Waals surface area contributed by atoms with E-state index in [0.29, 0.717) is 23.8 Å². The molecule has 3 rings (SSSR count). The summed E-state index contributed by atoms with van der Waals surface area (Å²) in [6, 6.07) is 6.49.